The number of aryl methyl sites for hydroxylation is 1. The van der Waals surface area contributed by atoms with E-state index in [2.05, 4.69) is 26.0 Å². The molecular formula is C11H9BrN4. The zero-order valence-corrected chi connectivity index (χ0v) is 10.3. The summed E-state index contributed by atoms with van der Waals surface area (Å²) in [6, 6.07) is 5.59. The summed E-state index contributed by atoms with van der Waals surface area (Å²) >= 11 is 3.45. The second kappa shape index (κ2) is 4.45. The standard InChI is InChI=1S/C11H9BrN4/c1-2-16-7-10(12)11(15-16)8-3-4-14-9(5-8)6-13/h3-5,7H,2H2,1H3. The average molecular weight is 277 g/mol. The van der Waals surface area contributed by atoms with Gasteiger partial charge in [0.05, 0.1) is 4.47 Å². The van der Waals surface area contributed by atoms with E-state index >= 15 is 0 Å². The number of nitriles is 1. The Morgan fingerprint density at radius 1 is 1.56 bits per heavy atom. The Hall–Kier alpha value is -1.67. The van der Waals surface area contributed by atoms with Gasteiger partial charge in [-0.15, -0.1) is 0 Å². The molecule has 0 atom stereocenters. The molecule has 0 aromatic carbocycles. The first kappa shape index (κ1) is 10.8. The summed E-state index contributed by atoms with van der Waals surface area (Å²) in [5.41, 5.74) is 2.13. The molecule has 5 heteroatoms. The molecule has 16 heavy (non-hydrogen) atoms. The first-order valence-electron chi connectivity index (χ1n) is 4.84. The topological polar surface area (TPSA) is 54.5 Å². The number of pyridine rings is 1. The fourth-order valence-corrected chi connectivity index (χ4v) is 1.94. The first-order chi connectivity index (χ1) is 7.74. The molecule has 0 aliphatic carbocycles. The number of nitrogens with zero attached hydrogens (tertiary/aromatic N) is 4. The molecule has 0 fully saturated rings. The van der Waals surface area contributed by atoms with Crippen molar-refractivity contribution in [3.8, 4) is 17.3 Å². The van der Waals surface area contributed by atoms with E-state index < -0.39 is 0 Å². The fraction of sp³-hybridized carbons (Fsp3) is 0.182. The molecule has 80 valence electrons. The van der Waals surface area contributed by atoms with Gasteiger partial charge in [0.2, 0.25) is 0 Å². The molecule has 0 saturated heterocycles. The molecule has 0 spiro atoms. The van der Waals surface area contributed by atoms with Crippen LogP contribution in [0.4, 0.5) is 0 Å². The van der Waals surface area contributed by atoms with Crippen LogP contribution in [0.15, 0.2) is 29.0 Å². The maximum Gasteiger partial charge on any atom is 0.141 e. The summed E-state index contributed by atoms with van der Waals surface area (Å²) in [7, 11) is 0. The fourth-order valence-electron chi connectivity index (χ4n) is 1.39. The quantitative estimate of drug-likeness (QED) is 0.847. The van der Waals surface area contributed by atoms with Crippen molar-refractivity contribution in [1.29, 1.82) is 5.26 Å². The predicted molar refractivity (Wildman–Crippen MR) is 63.5 cm³/mol. The Labute approximate surface area is 102 Å². The van der Waals surface area contributed by atoms with E-state index in [-0.39, 0.29) is 0 Å². The van der Waals surface area contributed by atoms with Gasteiger partial charge in [0, 0.05) is 24.5 Å². The molecule has 2 aromatic rings. The Kier molecular flexibility index (Phi) is 3.02. The normalized spacial score (nSPS) is 10.1. The Morgan fingerprint density at radius 3 is 3.00 bits per heavy atom. The lowest BCUT2D eigenvalue weighted by Crippen LogP contribution is -1.94. The third-order valence-corrected chi connectivity index (χ3v) is 2.77. The van der Waals surface area contributed by atoms with Crippen LogP contribution in [0.1, 0.15) is 12.6 Å². The minimum atomic E-state index is 0.399. The number of aromatic nitrogens is 3. The number of halogens is 1. The summed E-state index contributed by atoms with van der Waals surface area (Å²) in [5.74, 6) is 0. The highest BCUT2D eigenvalue weighted by Gasteiger charge is 2.09. The lowest BCUT2D eigenvalue weighted by atomic mass is 10.2. The molecule has 4 nitrogen and oxygen atoms in total. The van der Waals surface area contributed by atoms with E-state index in [1.165, 1.54) is 0 Å². The molecule has 0 aliphatic heterocycles. The van der Waals surface area contributed by atoms with Crippen molar-refractivity contribution in [2.24, 2.45) is 0 Å². The molecule has 0 N–H and O–H groups in total. The number of hydrogen-bond acceptors (Lipinski definition) is 3. The number of hydrogen-bond donors (Lipinski definition) is 0. The highest BCUT2D eigenvalue weighted by molar-refractivity contribution is 9.10. The van der Waals surface area contributed by atoms with Crippen LogP contribution in [0, 0.1) is 11.3 Å². The van der Waals surface area contributed by atoms with Gasteiger partial charge in [0.15, 0.2) is 0 Å². The average Bonchev–Trinajstić information content (AvgIpc) is 2.71. The van der Waals surface area contributed by atoms with Gasteiger partial charge >= 0.3 is 0 Å². The predicted octanol–water partition coefficient (Wildman–Crippen LogP) is 2.60. The summed E-state index contributed by atoms with van der Waals surface area (Å²) < 4.78 is 2.76. The van der Waals surface area contributed by atoms with Gasteiger partial charge in [-0.1, -0.05) is 0 Å². The summed E-state index contributed by atoms with van der Waals surface area (Å²) in [6.45, 7) is 2.84. The SMILES string of the molecule is CCn1cc(Br)c(-c2ccnc(C#N)c2)n1. The summed E-state index contributed by atoms with van der Waals surface area (Å²) in [5, 5.41) is 13.2. The van der Waals surface area contributed by atoms with Gasteiger partial charge in [-0.05, 0) is 35.0 Å². The molecule has 0 aliphatic rings. The molecule has 2 rings (SSSR count). The van der Waals surface area contributed by atoms with Crippen LogP contribution >= 0.6 is 15.9 Å². The van der Waals surface area contributed by atoms with Gasteiger partial charge in [-0.25, -0.2) is 4.98 Å². The second-order valence-electron chi connectivity index (χ2n) is 3.22. The van der Waals surface area contributed by atoms with Gasteiger partial charge in [0.25, 0.3) is 0 Å². The maximum absolute atomic E-state index is 8.78. The Balaban J connectivity index is 2.50. The molecular weight excluding hydrogens is 268 g/mol. The van der Waals surface area contributed by atoms with E-state index in [0.29, 0.717) is 5.69 Å². The minimum absolute atomic E-state index is 0.399. The van der Waals surface area contributed by atoms with Crippen molar-refractivity contribution in [2.75, 3.05) is 0 Å². The largest absolute Gasteiger partial charge is 0.271 e. The zero-order chi connectivity index (χ0) is 11.5. The Morgan fingerprint density at radius 2 is 2.38 bits per heavy atom. The van der Waals surface area contributed by atoms with Crippen LogP contribution in [-0.4, -0.2) is 14.8 Å². The van der Waals surface area contributed by atoms with Crippen molar-refractivity contribution in [2.45, 2.75) is 13.5 Å². The first-order valence-corrected chi connectivity index (χ1v) is 5.63. The van der Waals surface area contributed by atoms with Crippen molar-refractivity contribution < 1.29 is 0 Å². The van der Waals surface area contributed by atoms with Crippen molar-refractivity contribution in [3.05, 3.63) is 34.7 Å². The molecule has 2 aromatic heterocycles. The van der Waals surface area contributed by atoms with Crippen molar-refractivity contribution in [3.63, 3.8) is 0 Å². The monoisotopic (exact) mass is 276 g/mol. The van der Waals surface area contributed by atoms with E-state index in [0.717, 1.165) is 22.3 Å². The molecule has 0 bridgehead atoms. The van der Waals surface area contributed by atoms with E-state index in [9.17, 15) is 0 Å². The molecule has 0 saturated carbocycles. The number of rotatable bonds is 2. The van der Waals surface area contributed by atoms with E-state index in [1.54, 1.807) is 12.3 Å². The van der Waals surface area contributed by atoms with Crippen LogP contribution in [-0.2, 0) is 6.54 Å². The molecule has 0 amide bonds. The molecule has 0 unspecified atom stereocenters. The van der Waals surface area contributed by atoms with Crippen molar-refractivity contribution in [1.82, 2.24) is 14.8 Å². The molecule has 0 radical (unpaired) electrons. The van der Waals surface area contributed by atoms with Gasteiger partial charge in [-0.2, -0.15) is 10.4 Å². The summed E-state index contributed by atoms with van der Waals surface area (Å²) in [6.07, 6.45) is 3.53. The Bertz CT molecular complexity index is 553. The van der Waals surface area contributed by atoms with Crippen LogP contribution in [0.2, 0.25) is 0 Å². The third kappa shape index (κ3) is 1.97. The van der Waals surface area contributed by atoms with Crippen molar-refractivity contribution >= 4 is 15.9 Å². The highest BCUT2D eigenvalue weighted by atomic mass is 79.9. The second-order valence-corrected chi connectivity index (χ2v) is 4.08. The summed E-state index contributed by atoms with van der Waals surface area (Å²) in [4.78, 5) is 3.93. The van der Waals surface area contributed by atoms with Gasteiger partial charge in [-0.3, -0.25) is 4.68 Å². The lowest BCUT2D eigenvalue weighted by molar-refractivity contribution is 0.662. The third-order valence-electron chi connectivity index (χ3n) is 2.19. The maximum atomic E-state index is 8.78. The van der Waals surface area contributed by atoms with E-state index in [4.69, 9.17) is 5.26 Å². The zero-order valence-electron chi connectivity index (χ0n) is 8.68. The van der Waals surface area contributed by atoms with Crippen LogP contribution < -0.4 is 0 Å². The molecule has 2 heterocycles. The minimum Gasteiger partial charge on any atom is -0.271 e. The van der Waals surface area contributed by atoms with Crippen LogP contribution in [0.25, 0.3) is 11.3 Å². The van der Waals surface area contributed by atoms with Gasteiger partial charge in [0.1, 0.15) is 17.5 Å². The van der Waals surface area contributed by atoms with Gasteiger partial charge < -0.3 is 0 Å². The highest BCUT2D eigenvalue weighted by Crippen LogP contribution is 2.26. The van der Waals surface area contributed by atoms with Crippen LogP contribution in [0.3, 0.4) is 0 Å². The van der Waals surface area contributed by atoms with Crippen LogP contribution in [0.5, 0.6) is 0 Å². The lowest BCUT2D eigenvalue weighted by Gasteiger charge is -1.97. The smallest absolute Gasteiger partial charge is 0.141 e. The van der Waals surface area contributed by atoms with E-state index in [1.807, 2.05) is 29.9 Å².